The molecule has 27 heavy (non-hydrogen) atoms. The molecule has 0 saturated carbocycles. The Balaban J connectivity index is 1.52. The van der Waals surface area contributed by atoms with Crippen LogP contribution in [0.2, 0.25) is 0 Å². The van der Waals surface area contributed by atoms with Crippen molar-refractivity contribution in [3.8, 4) is 11.6 Å². The van der Waals surface area contributed by atoms with Gasteiger partial charge in [0.2, 0.25) is 5.88 Å². The van der Waals surface area contributed by atoms with Crippen LogP contribution in [0.4, 0.5) is 13.2 Å². The lowest BCUT2D eigenvalue weighted by molar-refractivity contribution is -0.137. The fraction of sp³-hybridized carbons (Fsp3) is 0.368. The summed E-state index contributed by atoms with van der Waals surface area (Å²) in [5.41, 5.74) is 0.216. The van der Waals surface area contributed by atoms with Crippen molar-refractivity contribution in [3.63, 3.8) is 0 Å². The molecule has 8 heteroatoms. The number of aromatic nitrogens is 1. The number of carbonyl (C=O) groups is 1. The highest BCUT2D eigenvalue weighted by molar-refractivity contribution is 5.78. The van der Waals surface area contributed by atoms with Crippen LogP contribution in [0.3, 0.4) is 0 Å². The Morgan fingerprint density at radius 3 is 2.85 bits per heavy atom. The molecule has 0 N–H and O–H groups in total. The zero-order valence-electron chi connectivity index (χ0n) is 14.7. The molecular weight excluding hydrogens is 361 g/mol. The van der Waals surface area contributed by atoms with Crippen molar-refractivity contribution in [2.24, 2.45) is 0 Å². The second-order valence-electron chi connectivity index (χ2n) is 6.35. The van der Waals surface area contributed by atoms with Crippen molar-refractivity contribution in [2.45, 2.75) is 25.6 Å². The van der Waals surface area contributed by atoms with E-state index >= 15 is 0 Å². The predicted octanol–water partition coefficient (Wildman–Crippen LogP) is 3.47. The molecule has 0 aliphatic carbocycles. The molecule has 2 heterocycles. The van der Waals surface area contributed by atoms with Crippen LogP contribution in [0.25, 0.3) is 0 Å². The molecule has 1 amide bonds. The summed E-state index contributed by atoms with van der Waals surface area (Å²) < 4.78 is 49.3. The average Bonchev–Trinajstić information content (AvgIpc) is 3.08. The van der Waals surface area contributed by atoms with E-state index < -0.39 is 17.8 Å². The maximum Gasteiger partial charge on any atom is 0.416 e. The van der Waals surface area contributed by atoms with E-state index in [1.54, 1.807) is 11.0 Å². The normalized spacial score (nSPS) is 17.0. The number of rotatable bonds is 5. The molecule has 1 aliphatic rings. The average molecular weight is 380 g/mol. The van der Waals surface area contributed by atoms with Gasteiger partial charge >= 0.3 is 6.18 Å². The van der Waals surface area contributed by atoms with E-state index in [-0.39, 0.29) is 24.9 Å². The molecular formula is C19H19F3N2O3. The molecule has 1 aromatic carbocycles. The highest BCUT2D eigenvalue weighted by Gasteiger charge is 2.32. The van der Waals surface area contributed by atoms with Crippen LogP contribution in [0.1, 0.15) is 17.5 Å². The van der Waals surface area contributed by atoms with Gasteiger partial charge in [-0.25, -0.2) is 4.98 Å². The van der Waals surface area contributed by atoms with Crippen LogP contribution >= 0.6 is 0 Å². The number of aryl methyl sites for hydroxylation is 1. The van der Waals surface area contributed by atoms with Crippen molar-refractivity contribution in [2.75, 3.05) is 19.7 Å². The summed E-state index contributed by atoms with van der Waals surface area (Å²) in [7, 11) is 0. The highest BCUT2D eigenvalue weighted by Crippen LogP contribution is 2.31. The molecule has 1 aliphatic heterocycles. The third kappa shape index (κ3) is 5.12. The van der Waals surface area contributed by atoms with Crippen molar-refractivity contribution in [1.82, 2.24) is 9.88 Å². The zero-order chi connectivity index (χ0) is 19.4. The van der Waals surface area contributed by atoms with Gasteiger partial charge < -0.3 is 14.4 Å². The summed E-state index contributed by atoms with van der Waals surface area (Å²) in [5.74, 6) is 0.322. The number of pyridine rings is 1. The van der Waals surface area contributed by atoms with E-state index in [4.69, 9.17) is 9.47 Å². The molecule has 1 fully saturated rings. The summed E-state index contributed by atoms with van der Waals surface area (Å²) in [4.78, 5) is 17.7. The number of hydrogen-bond donors (Lipinski definition) is 0. The summed E-state index contributed by atoms with van der Waals surface area (Å²) >= 11 is 0. The fourth-order valence-electron chi connectivity index (χ4n) is 2.81. The molecule has 0 radical (unpaired) electrons. The van der Waals surface area contributed by atoms with Gasteiger partial charge in [0.25, 0.3) is 5.91 Å². The second kappa shape index (κ2) is 7.85. The van der Waals surface area contributed by atoms with Crippen molar-refractivity contribution < 1.29 is 27.4 Å². The lowest BCUT2D eigenvalue weighted by Crippen LogP contribution is -2.34. The first-order valence-electron chi connectivity index (χ1n) is 8.48. The summed E-state index contributed by atoms with van der Waals surface area (Å²) in [6, 6.07) is 9.14. The third-order valence-corrected chi connectivity index (χ3v) is 4.20. The topological polar surface area (TPSA) is 51.7 Å². The van der Waals surface area contributed by atoms with Gasteiger partial charge in [-0.1, -0.05) is 12.1 Å². The molecule has 144 valence electrons. The number of nitrogens with zero attached hydrogens (tertiary/aromatic N) is 2. The van der Waals surface area contributed by atoms with E-state index in [1.807, 2.05) is 25.1 Å². The maximum absolute atomic E-state index is 12.7. The van der Waals surface area contributed by atoms with Crippen LogP contribution < -0.4 is 9.47 Å². The van der Waals surface area contributed by atoms with Crippen molar-refractivity contribution in [1.29, 1.82) is 0 Å². The Morgan fingerprint density at radius 2 is 2.11 bits per heavy atom. The molecule has 0 spiro atoms. The minimum Gasteiger partial charge on any atom is -0.484 e. The number of alkyl halides is 3. The SMILES string of the molecule is Cc1cccc(OCC(=O)N2CCC(Oc3cc(C(F)(F)F)ccn3)C2)c1. The minimum absolute atomic E-state index is 0.0971. The first-order valence-corrected chi connectivity index (χ1v) is 8.48. The molecule has 1 aromatic heterocycles. The van der Waals surface area contributed by atoms with Gasteiger partial charge in [-0.2, -0.15) is 13.2 Å². The van der Waals surface area contributed by atoms with Gasteiger partial charge in [-0.05, 0) is 30.7 Å². The van der Waals surface area contributed by atoms with E-state index in [9.17, 15) is 18.0 Å². The van der Waals surface area contributed by atoms with E-state index in [2.05, 4.69) is 4.98 Å². The summed E-state index contributed by atoms with van der Waals surface area (Å²) in [6.45, 7) is 2.57. The Kier molecular flexibility index (Phi) is 5.53. The molecule has 1 saturated heterocycles. The van der Waals surface area contributed by atoms with Gasteiger partial charge in [-0.15, -0.1) is 0 Å². The van der Waals surface area contributed by atoms with Crippen LogP contribution in [0.5, 0.6) is 11.6 Å². The number of hydrogen-bond acceptors (Lipinski definition) is 4. The largest absolute Gasteiger partial charge is 0.484 e. The molecule has 3 rings (SSSR count). The van der Waals surface area contributed by atoms with E-state index in [0.29, 0.717) is 18.7 Å². The minimum atomic E-state index is -4.45. The lowest BCUT2D eigenvalue weighted by atomic mass is 10.2. The first kappa shape index (κ1) is 19.0. The molecule has 1 unspecified atom stereocenters. The third-order valence-electron chi connectivity index (χ3n) is 4.20. The Bertz CT molecular complexity index is 811. The van der Waals surface area contributed by atoms with Crippen molar-refractivity contribution in [3.05, 3.63) is 53.7 Å². The van der Waals surface area contributed by atoms with Gasteiger partial charge in [0.1, 0.15) is 11.9 Å². The van der Waals surface area contributed by atoms with Gasteiger partial charge in [0, 0.05) is 25.2 Å². The van der Waals surface area contributed by atoms with Crippen LogP contribution in [-0.2, 0) is 11.0 Å². The standard InChI is InChI=1S/C19H19F3N2O3/c1-13-3-2-4-15(9-13)26-12-18(25)24-8-6-16(11-24)27-17-10-14(5-7-23-17)19(20,21)22/h2-5,7,9-10,16H,6,8,11-12H2,1H3. The van der Waals surface area contributed by atoms with E-state index in [0.717, 1.165) is 23.9 Å². The van der Waals surface area contributed by atoms with Gasteiger partial charge in [-0.3, -0.25) is 4.79 Å². The molecule has 5 nitrogen and oxygen atoms in total. The van der Waals surface area contributed by atoms with Crippen LogP contribution in [-0.4, -0.2) is 41.6 Å². The van der Waals surface area contributed by atoms with E-state index in [1.165, 1.54) is 0 Å². The number of carbonyl (C=O) groups excluding carboxylic acids is 1. The highest BCUT2D eigenvalue weighted by atomic mass is 19.4. The van der Waals surface area contributed by atoms with Crippen molar-refractivity contribution >= 4 is 5.91 Å². The number of amides is 1. The monoisotopic (exact) mass is 380 g/mol. The maximum atomic E-state index is 12.7. The number of ether oxygens (including phenoxy) is 2. The zero-order valence-corrected chi connectivity index (χ0v) is 14.7. The smallest absolute Gasteiger partial charge is 0.416 e. The molecule has 2 aromatic rings. The predicted molar refractivity (Wildman–Crippen MR) is 91.5 cm³/mol. The second-order valence-corrected chi connectivity index (χ2v) is 6.35. The van der Waals surface area contributed by atoms with Crippen LogP contribution in [0, 0.1) is 6.92 Å². The number of likely N-dealkylation sites (tertiary alicyclic amines) is 1. The Morgan fingerprint density at radius 1 is 1.30 bits per heavy atom. The van der Waals surface area contributed by atoms with Gasteiger partial charge in [0.05, 0.1) is 12.1 Å². The summed E-state index contributed by atoms with van der Waals surface area (Å²) in [5, 5.41) is 0. The quantitative estimate of drug-likeness (QED) is 0.797. The number of benzene rings is 1. The molecule has 1 atom stereocenters. The fourth-order valence-corrected chi connectivity index (χ4v) is 2.81. The summed E-state index contributed by atoms with van der Waals surface area (Å²) in [6.07, 6.45) is -3.27. The van der Waals surface area contributed by atoms with Crippen LogP contribution in [0.15, 0.2) is 42.6 Å². The molecule has 0 bridgehead atoms. The Labute approximate surface area is 154 Å². The Hall–Kier alpha value is -2.77. The first-order chi connectivity index (χ1) is 12.8. The lowest BCUT2D eigenvalue weighted by Gasteiger charge is -2.17. The van der Waals surface area contributed by atoms with Gasteiger partial charge in [0.15, 0.2) is 6.61 Å². The number of halogens is 3.